The summed E-state index contributed by atoms with van der Waals surface area (Å²) in [5.74, 6) is 1.73. The van der Waals surface area contributed by atoms with Crippen molar-refractivity contribution in [1.82, 2.24) is 10.3 Å². The third-order valence-corrected chi connectivity index (χ3v) is 7.07. The maximum Gasteiger partial charge on any atom is 0.252 e. The van der Waals surface area contributed by atoms with Gasteiger partial charge in [0.15, 0.2) is 12.0 Å². The zero-order chi connectivity index (χ0) is 30.3. The molecule has 1 fully saturated rings. The Morgan fingerprint density at radius 1 is 1.22 bits per heavy atom. The van der Waals surface area contributed by atoms with Crippen molar-refractivity contribution in [3.05, 3.63) is 45.1 Å². The van der Waals surface area contributed by atoms with E-state index in [-0.39, 0.29) is 52.6 Å². The fourth-order valence-electron chi connectivity index (χ4n) is 4.11. The molecule has 41 heavy (non-hydrogen) atoms. The van der Waals surface area contributed by atoms with Gasteiger partial charge < -0.3 is 44.9 Å². The summed E-state index contributed by atoms with van der Waals surface area (Å²) in [5.41, 5.74) is 1.29. The number of aliphatic hydroxyl groups excluding tert-OH is 3. The predicted molar refractivity (Wildman–Crippen MR) is 149 cm³/mol. The molecular weight excluding hydrogens is 581 g/mol. The molecule has 222 valence electrons. The van der Waals surface area contributed by atoms with Gasteiger partial charge in [-0.25, -0.2) is 4.98 Å². The van der Waals surface area contributed by atoms with Crippen LogP contribution in [-0.2, 0) is 20.9 Å². The number of aromatic nitrogens is 1. The summed E-state index contributed by atoms with van der Waals surface area (Å²) in [7, 11) is 2.71. The second-order valence-corrected chi connectivity index (χ2v) is 9.84. The van der Waals surface area contributed by atoms with Crippen molar-refractivity contribution in [3.63, 3.8) is 0 Å². The normalized spacial score (nSPS) is 22.0. The van der Waals surface area contributed by atoms with E-state index in [1.54, 1.807) is 13.0 Å². The highest BCUT2D eigenvalue weighted by Gasteiger charge is 2.45. The number of pyridine rings is 1. The molecule has 2 aromatic rings. The highest BCUT2D eigenvalue weighted by Crippen LogP contribution is 2.38. The van der Waals surface area contributed by atoms with Gasteiger partial charge in [-0.05, 0) is 24.6 Å². The minimum Gasteiger partial charge on any atom is -0.486 e. The van der Waals surface area contributed by atoms with Gasteiger partial charge in [-0.2, -0.15) is 0 Å². The lowest BCUT2D eigenvalue weighted by Crippen LogP contribution is -2.64. The number of methoxy groups -OCH3 is 2. The van der Waals surface area contributed by atoms with Gasteiger partial charge in [0, 0.05) is 37.3 Å². The number of amides is 2. The number of halogens is 2. The smallest absolute Gasteiger partial charge is 0.252 e. The van der Waals surface area contributed by atoms with Crippen molar-refractivity contribution in [1.29, 1.82) is 0 Å². The lowest BCUT2D eigenvalue weighted by molar-refractivity contribution is -0.261. The van der Waals surface area contributed by atoms with E-state index in [4.69, 9.17) is 48.6 Å². The molecular formula is C27H31Cl2N3O9. The molecule has 5 atom stereocenters. The quantitative estimate of drug-likeness (QED) is 0.236. The molecule has 2 amide bonds. The molecule has 1 aromatic carbocycles. The maximum atomic E-state index is 13.2. The number of hydrogen-bond donors (Lipinski definition) is 5. The largest absolute Gasteiger partial charge is 0.486 e. The molecule has 0 radical (unpaired) electrons. The van der Waals surface area contributed by atoms with E-state index in [9.17, 15) is 24.9 Å². The van der Waals surface area contributed by atoms with E-state index in [1.807, 2.05) is 0 Å². The molecule has 1 aromatic heterocycles. The van der Waals surface area contributed by atoms with Crippen molar-refractivity contribution in [2.24, 2.45) is 0 Å². The lowest BCUT2D eigenvalue weighted by Gasteiger charge is -2.41. The second kappa shape index (κ2) is 14.7. The van der Waals surface area contributed by atoms with E-state index in [0.29, 0.717) is 16.8 Å². The highest BCUT2D eigenvalue weighted by molar-refractivity contribution is 6.38. The van der Waals surface area contributed by atoms with Crippen molar-refractivity contribution < 1.29 is 43.9 Å². The van der Waals surface area contributed by atoms with Gasteiger partial charge in [0.1, 0.15) is 36.6 Å². The van der Waals surface area contributed by atoms with Gasteiger partial charge in [0.2, 0.25) is 11.8 Å². The summed E-state index contributed by atoms with van der Waals surface area (Å²) in [5, 5.41) is 35.5. The van der Waals surface area contributed by atoms with Crippen LogP contribution in [0.1, 0.15) is 34.3 Å². The first-order valence-electron chi connectivity index (χ1n) is 12.4. The minimum atomic E-state index is -1.49. The standard InChI is InChI=1S/C27H31Cl2N3O9/c1-5-6-7-19(34)31-17-8-14(10-30-26(17)38-3)12-40-24-16(28)9-15(13(2)20(24)29)25(37)32-21-23(36)22(35)18(11-33)41-27(21)39-4/h1,8-10,18,21-23,27,33,35-36H,6-7,11-12H2,2-4H3,(H,31,34)(H,32,37)/t18-,21-,22-,23-,27+/m1/s1. The zero-order valence-electron chi connectivity index (χ0n) is 22.5. The molecule has 1 aliphatic heterocycles. The topological polar surface area (TPSA) is 169 Å². The van der Waals surface area contributed by atoms with Gasteiger partial charge in [-0.1, -0.05) is 23.2 Å². The Balaban J connectivity index is 1.77. The minimum absolute atomic E-state index is 0.0270. The monoisotopic (exact) mass is 611 g/mol. The number of nitrogens with zero attached hydrogens (tertiary/aromatic N) is 1. The van der Waals surface area contributed by atoms with Crippen molar-refractivity contribution in [2.45, 2.75) is 57.0 Å². The molecule has 1 saturated heterocycles. The first-order chi connectivity index (χ1) is 19.6. The van der Waals surface area contributed by atoms with Gasteiger partial charge in [0.25, 0.3) is 5.91 Å². The number of anilines is 1. The van der Waals surface area contributed by atoms with Gasteiger partial charge >= 0.3 is 0 Å². The number of carbonyl (C=O) groups excluding carboxylic acids is 2. The average Bonchev–Trinajstić information content (AvgIpc) is 2.96. The summed E-state index contributed by atoms with van der Waals surface area (Å²) in [6, 6.07) is 1.80. The third kappa shape index (κ3) is 7.58. The molecule has 0 aliphatic carbocycles. The Labute approximate surface area is 246 Å². The molecule has 2 heterocycles. The van der Waals surface area contributed by atoms with Crippen LogP contribution in [0.25, 0.3) is 0 Å². The van der Waals surface area contributed by atoms with Crippen LogP contribution in [0.3, 0.4) is 0 Å². The fourth-order valence-corrected chi connectivity index (χ4v) is 4.67. The van der Waals surface area contributed by atoms with E-state index in [2.05, 4.69) is 21.5 Å². The number of carbonyl (C=O) groups is 2. The highest BCUT2D eigenvalue weighted by atomic mass is 35.5. The summed E-state index contributed by atoms with van der Waals surface area (Å²) in [4.78, 5) is 29.5. The SMILES string of the molecule is C#CCCC(=O)Nc1cc(COc2c(Cl)cc(C(=O)N[C@H]3[C@@H](OC)O[C@H](CO)[C@@H](O)[C@@H]3O)c(C)c2Cl)cnc1OC. The Morgan fingerprint density at radius 2 is 1.95 bits per heavy atom. The van der Waals surface area contributed by atoms with Crippen LogP contribution >= 0.6 is 23.2 Å². The fraction of sp³-hybridized carbons (Fsp3) is 0.444. The number of terminal acetylenes is 1. The molecule has 14 heteroatoms. The molecule has 0 bridgehead atoms. The van der Waals surface area contributed by atoms with E-state index >= 15 is 0 Å². The zero-order valence-corrected chi connectivity index (χ0v) is 24.0. The summed E-state index contributed by atoms with van der Waals surface area (Å²) in [6.45, 7) is 0.983. The second-order valence-electron chi connectivity index (χ2n) is 9.06. The Hall–Kier alpha value is -3.15. The first kappa shape index (κ1) is 32.4. The lowest BCUT2D eigenvalue weighted by atomic mass is 9.96. The van der Waals surface area contributed by atoms with Crippen LogP contribution < -0.4 is 20.1 Å². The van der Waals surface area contributed by atoms with Crippen LogP contribution in [0.2, 0.25) is 10.0 Å². The number of benzene rings is 1. The predicted octanol–water partition coefficient (Wildman–Crippen LogP) is 1.82. The Bertz CT molecular complexity index is 1300. The number of aliphatic hydroxyl groups is 3. The molecule has 3 rings (SSSR count). The molecule has 0 saturated carbocycles. The first-order valence-corrected chi connectivity index (χ1v) is 13.2. The molecule has 1 aliphatic rings. The van der Waals surface area contributed by atoms with Crippen LogP contribution in [0.15, 0.2) is 18.3 Å². The molecule has 0 spiro atoms. The molecule has 12 nitrogen and oxygen atoms in total. The van der Waals surface area contributed by atoms with E-state index < -0.39 is 43.2 Å². The van der Waals surface area contributed by atoms with Crippen LogP contribution in [0.5, 0.6) is 11.6 Å². The van der Waals surface area contributed by atoms with Crippen LogP contribution in [0, 0.1) is 19.3 Å². The van der Waals surface area contributed by atoms with Gasteiger partial charge in [-0.15, -0.1) is 12.3 Å². The Kier molecular flexibility index (Phi) is 11.6. The summed E-state index contributed by atoms with van der Waals surface area (Å²) in [6.07, 6.45) is 1.92. The number of ether oxygens (including phenoxy) is 4. The van der Waals surface area contributed by atoms with E-state index in [1.165, 1.54) is 26.5 Å². The van der Waals surface area contributed by atoms with Gasteiger partial charge in [0.05, 0.1) is 23.8 Å². The van der Waals surface area contributed by atoms with Gasteiger partial charge in [-0.3, -0.25) is 9.59 Å². The number of nitrogens with one attached hydrogen (secondary N) is 2. The van der Waals surface area contributed by atoms with Crippen LogP contribution in [-0.4, -0.2) is 83.6 Å². The van der Waals surface area contributed by atoms with Crippen molar-refractivity contribution in [3.8, 4) is 24.0 Å². The van der Waals surface area contributed by atoms with E-state index in [0.717, 1.165) is 0 Å². The Morgan fingerprint density at radius 3 is 2.59 bits per heavy atom. The average molecular weight is 612 g/mol. The molecule has 5 N–H and O–H groups in total. The van der Waals surface area contributed by atoms with Crippen molar-refractivity contribution in [2.75, 3.05) is 26.1 Å². The summed E-state index contributed by atoms with van der Waals surface area (Å²) < 4.78 is 21.7. The summed E-state index contributed by atoms with van der Waals surface area (Å²) >= 11 is 13.0. The third-order valence-electron chi connectivity index (χ3n) is 6.33. The van der Waals surface area contributed by atoms with Crippen LogP contribution in [0.4, 0.5) is 5.69 Å². The maximum absolute atomic E-state index is 13.2. The number of hydrogen-bond acceptors (Lipinski definition) is 10. The number of rotatable bonds is 11. The molecule has 0 unspecified atom stereocenters. The van der Waals surface area contributed by atoms with Crippen molar-refractivity contribution >= 4 is 40.7 Å².